The molecular weight excluding hydrogens is 376 g/mol. The first-order valence-electron chi connectivity index (χ1n) is 8.00. The van der Waals surface area contributed by atoms with E-state index in [0.717, 1.165) is 28.7 Å². The first kappa shape index (κ1) is 19.0. The van der Waals surface area contributed by atoms with Crippen LogP contribution in [0, 0.1) is 6.92 Å². The summed E-state index contributed by atoms with van der Waals surface area (Å²) in [5.41, 5.74) is 2.18. The van der Waals surface area contributed by atoms with Crippen molar-refractivity contribution < 1.29 is 26.7 Å². The first-order valence-corrected chi connectivity index (χ1v) is 9.55. The van der Waals surface area contributed by atoms with Crippen LogP contribution in [0.1, 0.15) is 11.3 Å². The largest absolute Gasteiger partial charge is 0.497 e. The summed E-state index contributed by atoms with van der Waals surface area (Å²) in [4.78, 5) is 4.03. The molecule has 0 bridgehead atoms. The molecule has 0 aliphatic rings. The maximum absolute atomic E-state index is 12.6. The fourth-order valence-corrected chi connectivity index (χ4v) is 3.31. The lowest BCUT2D eigenvalue weighted by atomic mass is 10.1. The summed E-state index contributed by atoms with van der Waals surface area (Å²) < 4.78 is 59.2. The van der Waals surface area contributed by atoms with E-state index in [4.69, 9.17) is 9.47 Å². The molecular formula is C19H17F2NO4S. The molecule has 3 aromatic rings. The number of nitrogens with zero attached hydrogens (tertiary/aromatic N) is 1. The van der Waals surface area contributed by atoms with Crippen LogP contribution in [0.3, 0.4) is 0 Å². The van der Waals surface area contributed by atoms with Crippen molar-refractivity contribution in [1.82, 2.24) is 4.98 Å². The molecule has 8 heteroatoms. The van der Waals surface area contributed by atoms with Crippen molar-refractivity contribution in [2.24, 2.45) is 0 Å². The molecule has 0 unspecified atom stereocenters. The van der Waals surface area contributed by atoms with E-state index in [1.165, 1.54) is 12.1 Å². The predicted molar refractivity (Wildman–Crippen MR) is 97.0 cm³/mol. The molecule has 142 valence electrons. The molecule has 1 aromatic heterocycles. The molecule has 0 saturated heterocycles. The Labute approximate surface area is 155 Å². The van der Waals surface area contributed by atoms with Gasteiger partial charge in [-0.2, -0.15) is 8.78 Å². The third-order valence-corrected chi connectivity index (χ3v) is 5.39. The van der Waals surface area contributed by atoms with Crippen molar-refractivity contribution in [2.75, 3.05) is 7.11 Å². The predicted octanol–water partition coefficient (Wildman–Crippen LogP) is 4.13. The number of alkyl halides is 2. The van der Waals surface area contributed by atoms with Gasteiger partial charge in [-0.3, -0.25) is 4.98 Å². The Balaban J connectivity index is 1.84. The highest BCUT2D eigenvalue weighted by atomic mass is 32.2. The second-order valence-corrected chi connectivity index (χ2v) is 7.80. The van der Waals surface area contributed by atoms with Gasteiger partial charge in [-0.1, -0.05) is 12.1 Å². The lowest BCUT2D eigenvalue weighted by Crippen LogP contribution is -2.11. The van der Waals surface area contributed by atoms with Crippen LogP contribution in [-0.4, -0.2) is 26.3 Å². The van der Waals surface area contributed by atoms with Crippen LogP contribution in [0.4, 0.5) is 8.78 Å². The number of benzene rings is 2. The molecule has 1 heterocycles. The molecule has 5 nitrogen and oxygen atoms in total. The number of aryl methyl sites for hydroxylation is 1. The first-order chi connectivity index (χ1) is 12.8. The molecule has 0 aliphatic heterocycles. The Hall–Kier alpha value is -2.74. The topological polar surface area (TPSA) is 65.5 Å². The fourth-order valence-electron chi connectivity index (χ4n) is 2.59. The fraction of sp³-hybridized carbons (Fsp3) is 0.211. The summed E-state index contributed by atoms with van der Waals surface area (Å²) in [6, 6.07) is 12.4. The number of rotatable bonds is 6. The van der Waals surface area contributed by atoms with Gasteiger partial charge in [0.05, 0.1) is 17.5 Å². The van der Waals surface area contributed by atoms with E-state index in [9.17, 15) is 17.2 Å². The van der Waals surface area contributed by atoms with E-state index < -0.39 is 20.5 Å². The molecule has 0 N–H and O–H groups in total. The van der Waals surface area contributed by atoms with Gasteiger partial charge >= 0.3 is 5.76 Å². The Bertz CT molecular complexity index is 1070. The molecule has 0 amide bonds. The number of ether oxygens (including phenoxy) is 2. The van der Waals surface area contributed by atoms with Gasteiger partial charge in [0.2, 0.25) is 9.84 Å². The number of aromatic nitrogens is 1. The summed E-state index contributed by atoms with van der Waals surface area (Å²) >= 11 is 0. The van der Waals surface area contributed by atoms with Crippen LogP contribution in [-0.2, 0) is 16.4 Å². The Morgan fingerprint density at radius 1 is 1.07 bits per heavy atom. The Morgan fingerprint density at radius 3 is 2.41 bits per heavy atom. The minimum Gasteiger partial charge on any atom is -0.497 e. The summed E-state index contributed by atoms with van der Waals surface area (Å²) in [6.45, 7) is 1.99. The Kier molecular flexibility index (Phi) is 5.27. The van der Waals surface area contributed by atoms with Gasteiger partial charge in [-0.15, -0.1) is 0 Å². The van der Waals surface area contributed by atoms with Crippen molar-refractivity contribution in [2.45, 2.75) is 24.2 Å². The average molecular weight is 393 g/mol. The standard InChI is InChI=1S/C19H17F2NO4S/c1-12-9-18(16-10-14(25-2)5-8-17(16)22-12)26-11-13-3-6-15(7-4-13)27(23,24)19(20)21/h3-10,19H,11H2,1-2H3. The maximum atomic E-state index is 12.6. The molecule has 0 atom stereocenters. The summed E-state index contributed by atoms with van der Waals surface area (Å²) in [5.74, 6) is -2.18. The second kappa shape index (κ2) is 7.48. The van der Waals surface area contributed by atoms with E-state index in [-0.39, 0.29) is 6.61 Å². The highest BCUT2D eigenvalue weighted by Crippen LogP contribution is 2.29. The van der Waals surface area contributed by atoms with Crippen molar-refractivity contribution in [3.63, 3.8) is 0 Å². The lowest BCUT2D eigenvalue weighted by Gasteiger charge is -2.12. The molecule has 0 aliphatic carbocycles. The number of methoxy groups -OCH3 is 1. The SMILES string of the molecule is COc1ccc2nc(C)cc(OCc3ccc(S(=O)(=O)C(F)F)cc3)c2c1. The quantitative estimate of drug-likeness (QED) is 0.630. The zero-order valence-corrected chi connectivity index (χ0v) is 15.5. The van der Waals surface area contributed by atoms with Gasteiger partial charge in [0.15, 0.2) is 0 Å². The van der Waals surface area contributed by atoms with Gasteiger partial charge in [-0.25, -0.2) is 8.42 Å². The minimum absolute atomic E-state index is 0.144. The third kappa shape index (κ3) is 4.00. The van der Waals surface area contributed by atoms with Crippen LogP contribution in [0.15, 0.2) is 53.4 Å². The maximum Gasteiger partial charge on any atom is 0.341 e. The molecule has 2 aromatic carbocycles. The van der Waals surface area contributed by atoms with Crippen molar-refractivity contribution in [3.8, 4) is 11.5 Å². The number of hydrogen-bond donors (Lipinski definition) is 0. The van der Waals surface area contributed by atoms with Gasteiger partial charge < -0.3 is 9.47 Å². The number of sulfone groups is 1. The monoisotopic (exact) mass is 393 g/mol. The highest BCUT2D eigenvalue weighted by Gasteiger charge is 2.26. The van der Waals surface area contributed by atoms with Gasteiger partial charge in [0, 0.05) is 17.1 Å². The second-order valence-electron chi connectivity index (χ2n) is 5.88. The Morgan fingerprint density at radius 2 is 1.78 bits per heavy atom. The van der Waals surface area contributed by atoms with Gasteiger partial charge in [0.25, 0.3) is 0 Å². The number of pyridine rings is 1. The van der Waals surface area contributed by atoms with E-state index >= 15 is 0 Å². The van der Waals surface area contributed by atoms with Crippen molar-refractivity contribution in [1.29, 1.82) is 0 Å². The number of hydrogen-bond acceptors (Lipinski definition) is 5. The number of halogens is 2. The normalized spacial score (nSPS) is 11.7. The smallest absolute Gasteiger partial charge is 0.341 e. The third-order valence-electron chi connectivity index (χ3n) is 3.99. The molecule has 27 heavy (non-hydrogen) atoms. The van der Waals surface area contributed by atoms with Crippen LogP contribution in [0.5, 0.6) is 11.5 Å². The number of fused-ring (bicyclic) bond motifs is 1. The summed E-state index contributed by atoms with van der Waals surface area (Å²) in [5, 5.41) is 0.775. The summed E-state index contributed by atoms with van der Waals surface area (Å²) in [7, 11) is -3.03. The molecule has 0 spiro atoms. The average Bonchev–Trinajstić information content (AvgIpc) is 2.65. The van der Waals surface area contributed by atoms with E-state index in [2.05, 4.69) is 4.98 Å². The zero-order chi connectivity index (χ0) is 19.6. The van der Waals surface area contributed by atoms with Crippen LogP contribution >= 0.6 is 0 Å². The lowest BCUT2D eigenvalue weighted by molar-refractivity contribution is 0.234. The van der Waals surface area contributed by atoms with Crippen LogP contribution < -0.4 is 9.47 Å². The molecule has 0 radical (unpaired) electrons. The van der Waals surface area contributed by atoms with Gasteiger partial charge in [0.1, 0.15) is 18.1 Å². The van der Waals surface area contributed by atoms with E-state index in [1.807, 2.05) is 19.1 Å². The highest BCUT2D eigenvalue weighted by molar-refractivity contribution is 7.91. The van der Waals surface area contributed by atoms with E-state index in [0.29, 0.717) is 17.1 Å². The van der Waals surface area contributed by atoms with Crippen LogP contribution in [0.25, 0.3) is 10.9 Å². The summed E-state index contributed by atoms with van der Waals surface area (Å²) in [6.07, 6.45) is 0. The van der Waals surface area contributed by atoms with Crippen LogP contribution in [0.2, 0.25) is 0 Å². The van der Waals surface area contributed by atoms with Crippen molar-refractivity contribution in [3.05, 3.63) is 59.8 Å². The molecule has 0 fully saturated rings. The molecule has 3 rings (SSSR count). The van der Waals surface area contributed by atoms with E-state index in [1.54, 1.807) is 19.2 Å². The zero-order valence-electron chi connectivity index (χ0n) is 14.6. The minimum atomic E-state index is -4.60. The molecule has 0 saturated carbocycles. The van der Waals surface area contributed by atoms with Crippen molar-refractivity contribution >= 4 is 20.7 Å². The van der Waals surface area contributed by atoms with Gasteiger partial charge in [-0.05, 0) is 42.8 Å².